The van der Waals surface area contributed by atoms with E-state index in [2.05, 4.69) is 0 Å². The van der Waals surface area contributed by atoms with Gasteiger partial charge in [-0.25, -0.2) is 0 Å². The molecule has 0 saturated carbocycles. The van der Waals surface area contributed by atoms with Crippen molar-refractivity contribution in [2.75, 3.05) is 13.2 Å². The van der Waals surface area contributed by atoms with Crippen molar-refractivity contribution in [3.63, 3.8) is 0 Å². The molecule has 0 unspecified atom stereocenters. The molecule has 194 valence electrons. The van der Waals surface area contributed by atoms with Crippen LogP contribution in [0.15, 0.2) is 42.5 Å². The minimum absolute atomic E-state index is 0.159. The molecule has 3 rings (SSSR count). The molecule has 2 aromatic rings. The second kappa shape index (κ2) is 12.7. The molecule has 9 heteroatoms. The van der Waals surface area contributed by atoms with Gasteiger partial charge in [0.15, 0.2) is 6.10 Å². The number of esters is 3. The summed E-state index contributed by atoms with van der Waals surface area (Å²) in [4.78, 5) is 35.0. The van der Waals surface area contributed by atoms with E-state index in [1.165, 1.54) is 20.8 Å². The molecule has 1 saturated heterocycles. The van der Waals surface area contributed by atoms with Crippen molar-refractivity contribution in [1.29, 1.82) is 0 Å². The Morgan fingerprint density at radius 1 is 0.972 bits per heavy atom. The molecule has 1 fully saturated rings. The lowest BCUT2D eigenvalue weighted by Gasteiger charge is -2.40. The predicted octanol–water partition coefficient (Wildman–Crippen LogP) is 4.59. The average Bonchev–Trinajstić information content (AvgIpc) is 2.81. The molecule has 8 nitrogen and oxygen atoms in total. The van der Waals surface area contributed by atoms with Crippen LogP contribution in [0.2, 0.25) is 5.02 Å². The van der Waals surface area contributed by atoms with Crippen molar-refractivity contribution in [1.82, 2.24) is 0 Å². The van der Waals surface area contributed by atoms with E-state index in [9.17, 15) is 14.4 Å². The molecule has 0 amide bonds. The zero-order valence-corrected chi connectivity index (χ0v) is 21.6. The van der Waals surface area contributed by atoms with Gasteiger partial charge in [-0.15, -0.1) is 0 Å². The highest BCUT2D eigenvalue weighted by molar-refractivity contribution is 6.31. The quantitative estimate of drug-likeness (QED) is 0.351. The lowest BCUT2D eigenvalue weighted by molar-refractivity contribution is -0.216. The molecule has 0 N–H and O–H groups in total. The van der Waals surface area contributed by atoms with E-state index in [1.807, 2.05) is 43.3 Å². The summed E-state index contributed by atoms with van der Waals surface area (Å²) in [5, 5.41) is 0.606. The smallest absolute Gasteiger partial charge is 0.303 e. The normalized spacial score (nSPS) is 21.4. The van der Waals surface area contributed by atoms with Crippen LogP contribution in [0, 0.1) is 0 Å². The van der Waals surface area contributed by atoms with Crippen LogP contribution in [0.5, 0.6) is 5.75 Å². The maximum Gasteiger partial charge on any atom is 0.303 e. The Labute approximate surface area is 215 Å². The zero-order valence-electron chi connectivity index (χ0n) is 20.8. The summed E-state index contributed by atoms with van der Waals surface area (Å²) in [6.07, 6.45) is -2.21. The maximum atomic E-state index is 11.8. The molecule has 0 bridgehead atoms. The van der Waals surface area contributed by atoms with Crippen LogP contribution in [0.3, 0.4) is 0 Å². The van der Waals surface area contributed by atoms with Crippen molar-refractivity contribution in [2.45, 2.75) is 65.0 Å². The highest BCUT2D eigenvalue weighted by atomic mass is 35.5. The summed E-state index contributed by atoms with van der Waals surface area (Å²) < 4.78 is 27.8. The van der Waals surface area contributed by atoms with Crippen molar-refractivity contribution >= 4 is 29.5 Å². The van der Waals surface area contributed by atoms with Crippen LogP contribution in [-0.4, -0.2) is 49.4 Å². The van der Waals surface area contributed by atoms with Gasteiger partial charge in [-0.05, 0) is 48.2 Å². The number of ether oxygens (including phenoxy) is 5. The Hall–Kier alpha value is -3.10. The summed E-state index contributed by atoms with van der Waals surface area (Å²) in [7, 11) is 0. The number of carbonyl (C=O) groups excluding carboxylic acids is 3. The molecule has 4 atom stereocenters. The van der Waals surface area contributed by atoms with Gasteiger partial charge in [0, 0.05) is 32.2 Å². The number of rotatable bonds is 9. The number of benzene rings is 2. The molecular formula is C27H31ClO8. The van der Waals surface area contributed by atoms with Gasteiger partial charge in [0.1, 0.15) is 24.6 Å². The summed E-state index contributed by atoms with van der Waals surface area (Å²) >= 11 is 6.51. The van der Waals surface area contributed by atoms with Crippen LogP contribution in [0.1, 0.15) is 56.9 Å². The molecule has 0 radical (unpaired) electrons. The summed E-state index contributed by atoms with van der Waals surface area (Å²) in [5.41, 5.74) is 2.76. The highest BCUT2D eigenvalue weighted by Gasteiger charge is 2.44. The van der Waals surface area contributed by atoms with Gasteiger partial charge in [0.25, 0.3) is 0 Å². The van der Waals surface area contributed by atoms with E-state index in [0.29, 0.717) is 18.1 Å². The monoisotopic (exact) mass is 518 g/mol. The van der Waals surface area contributed by atoms with E-state index in [-0.39, 0.29) is 13.0 Å². The van der Waals surface area contributed by atoms with Crippen LogP contribution in [0.4, 0.5) is 0 Å². The SMILES string of the molecule is CCOc1ccc(Cc2cc([C@H]3C[C@@H](OC(C)=O)[C@H](OC(C)=O)[C@@H](COC(C)=O)O3)ccc2Cl)cc1. The minimum Gasteiger partial charge on any atom is -0.494 e. The summed E-state index contributed by atoms with van der Waals surface area (Å²) in [6.45, 7) is 6.19. The fourth-order valence-electron chi connectivity index (χ4n) is 4.17. The lowest BCUT2D eigenvalue weighted by Crippen LogP contribution is -2.51. The van der Waals surface area contributed by atoms with E-state index in [1.54, 1.807) is 6.07 Å². The zero-order chi connectivity index (χ0) is 26.2. The first kappa shape index (κ1) is 27.5. The van der Waals surface area contributed by atoms with Gasteiger partial charge in [-0.3, -0.25) is 14.4 Å². The molecular weight excluding hydrogens is 488 g/mol. The first-order chi connectivity index (χ1) is 17.2. The highest BCUT2D eigenvalue weighted by Crippen LogP contribution is 2.36. The molecule has 0 aliphatic carbocycles. The number of hydrogen-bond acceptors (Lipinski definition) is 8. The first-order valence-electron chi connectivity index (χ1n) is 11.8. The Balaban J connectivity index is 1.86. The Morgan fingerprint density at radius 3 is 2.28 bits per heavy atom. The Bertz CT molecular complexity index is 1070. The van der Waals surface area contributed by atoms with Gasteiger partial charge in [0.05, 0.1) is 12.7 Å². The average molecular weight is 519 g/mol. The number of halogens is 1. The number of carbonyl (C=O) groups is 3. The van der Waals surface area contributed by atoms with Gasteiger partial charge in [-0.1, -0.05) is 35.9 Å². The largest absolute Gasteiger partial charge is 0.494 e. The van der Waals surface area contributed by atoms with Crippen LogP contribution in [0.25, 0.3) is 0 Å². The third-order valence-corrected chi connectivity index (χ3v) is 6.03. The Kier molecular flexibility index (Phi) is 9.73. The fraction of sp³-hybridized carbons (Fsp3) is 0.444. The van der Waals surface area contributed by atoms with Crippen molar-refractivity contribution < 1.29 is 38.1 Å². The third-order valence-electron chi connectivity index (χ3n) is 5.66. The molecule has 36 heavy (non-hydrogen) atoms. The second-order valence-corrected chi connectivity index (χ2v) is 8.94. The maximum absolute atomic E-state index is 11.8. The molecule has 1 heterocycles. The second-order valence-electron chi connectivity index (χ2n) is 8.53. The number of hydrogen-bond donors (Lipinski definition) is 0. The molecule has 0 aromatic heterocycles. The summed E-state index contributed by atoms with van der Waals surface area (Å²) in [5.74, 6) is -0.780. The first-order valence-corrected chi connectivity index (χ1v) is 12.2. The van der Waals surface area contributed by atoms with Gasteiger partial charge in [-0.2, -0.15) is 0 Å². The topological polar surface area (TPSA) is 97.4 Å². The molecule has 1 aliphatic heterocycles. The standard InChI is InChI=1S/C27H31ClO8/c1-5-32-22-9-6-19(7-10-22)12-21-13-20(8-11-23(21)28)24-14-25(34-17(3)30)27(35-18(4)31)26(36-24)15-33-16(2)29/h6-11,13,24-27H,5,12,14-15H2,1-4H3/t24-,25-,26-,27+/m1/s1. The van der Waals surface area contributed by atoms with Crippen molar-refractivity contribution in [3.8, 4) is 5.75 Å². The third kappa shape index (κ3) is 7.70. The summed E-state index contributed by atoms with van der Waals surface area (Å²) in [6, 6.07) is 13.4. The lowest BCUT2D eigenvalue weighted by atomic mass is 9.92. The van der Waals surface area contributed by atoms with E-state index in [0.717, 1.165) is 22.4 Å². The van der Waals surface area contributed by atoms with Crippen LogP contribution < -0.4 is 4.74 Å². The van der Waals surface area contributed by atoms with Gasteiger partial charge < -0.3 is 23.7 Å². The van der Waals surface area contributed by atoms with Crippen molar-refractivity contribution in [3.05, 3.63) is 64.2 Å². The molecule has 1 aliphatic rings. The van der Waals surface area contributed by atoms with Crippen molar-refractivity contribution in [2.24, 2.45) is 0 Å². The minimum atomic E-state index is -0.919. The van der Waals surface area contributed by atoms with E-state index < -0.39 is 42.3 Å². The molecule has 2 aromatic carbocycles. The van der Waals surface area contributed by atoms with E-state index in [4.69, 9.17) is 35.3 Å². The van der Waals surface area contributed by atoms with Gasteiger partial charge >= 0.3 is 17.9 Å². The predicted molar refractivity (Wildman–Crippen MR) is 132 cm³/mol. The van der Waals surface area contributed by atoms with Crippen LogP contribution >= 0.6 is 11.6 Å². The van der Waals surface area contributed by atoms with Crippen LogP contribution in [-0.2, 0) is 39.8 Å². The van der Waals surface area contributed by atoms with E-state index >= 15 is 0 Å². The molecule has 0 spiro atoms. The van der Waals surface area contributed by atoms with Gasteiger partial charge in [0.2, 0.25) is 0 Å². The Morgan fingerprint density at radius 2 is 1.67 bits per heavy atom. The fourth-order valence-corrected chi connectivity index (χ4v) is 4.35.